The van der Waals surface area contributed by atoms with E-state index in [0.29, 0.717) is 17.2 Å². The van der Waals surface area contributed by atoms with E-state index in [0.717, 1.165) is 5.33 Å². The van der Waals surface area contributed by atoms with Gasteiger partial charge in [-0.1, -0.05) is 22.0 Å². The SMILES string of the molecule is COc1cccc(OC)c1OC(C)CBr. The second-order valence-corrected chi connectivity index (χ2v) is 3.72. The Kier molecular flexibility index (Phi) is 4.75. The highest BCUT2D eigenvalue weighted by Crippen LogP contribution is 2.37. The molecule has 1 rings (SSSR count). The minimum absolute atomic E-state index is 0.0650. The molecule has 4 heteroatoms. The predicted octanol–water partition coefficient (Wildman–Crippen LogP) is 2.87. The zero-order valence-corrected chi connectivity index (χ0v) is 10.7. The van der Waals surface area contributed by atoms with Gasteiger partial charge in [-0.15, -0.1) is 0 Å². The summed E-state index contributed by atoms with van der Waals surface area (Å²) >= 11 is 3.36. The highest BCUT2D eigenvalue weighted by molar-refractivity contribution is 9.09. The summed E-state index contributed by atoms with van der Waals surface area (Å²) in [6.07, 6.45) is 0.0650. The summed E-state index contributed by atoms with van der Waals surface area (Å²) in [5.74, 6) is 2.01. The Morgan fingerprint density at radius 2 is 1.73 bits per heavy atom. The number of benzene rings is 1. The summed E-state index contributed by atoms with van der Waals surface area (Å²) in [7, 11) is 3.22. The first-order valence-corrected chi connectivity index (χ1v) is 5.78. The number of para-hydroxylation sites is 1. The molecule has 0 bridgehead atoms. The molecule has 0 heterocycles. The zero-order chi connectivity index (χ0) is 11.3. The van der Waals surface area contributed by atoms with Crippen LogP contribution in [0.3, 0.4) is 0 Å². The third kappa shape index (κ3) is 3.02. The van der Waals surface area contributed by atoms with Crippen LogP contribution in [0.2, 0.25) is 0 Å². The molecule has 0 saturated carbocycles. The molecule has 0 aliphatic heterocycles. The normalized spacial score (nSPS) is 12.0. The largest absolute Gasteiger partial charge is 0.493 e. The molecule has 1 aromatic rings. The molecule has 0 saturated heterocycles. The number of hydrogen-bond acceptors (Lipinski definition) is 3. The molecule has 0 aliphatic carbocycles. The molecule has 1 aromatic carbocycles. The van der Waals surface area contributed by atoms with E-state index in [1.807, 2.05) is 25.1 Å². The lowest BCUT2D eigenvalue weighted by atomic mass is 10.3. The predicted molar refractivity (Wildman–Crippen MR) is 63.4 cm³/mol. The van der Waals surface area contributed by atoms with Gasteiger partial charge in [0, 0.05) is 5.33 Å². The van der Waals surface area contributed by atoms with Gasteiger partial charge in [0.2, 0.25) is 5.75 Å². The van der Waals surface area contributed by atoms with Gasteiger partial charge in [-0.2, -0.15) is 0 Å². The zero-order valence-electron chi connectivity index (χ0n) is 9.12. The molecule has 0 amide bonds. The number of halogens is 1. The molecule has 15 heavy (non-hydrogen) atoms. The van der Waals surface area contributed by atoms with Crippen LogP contribution in [0.5, 0.6) is 17.2 Å². The number of ether oxygens (including phenoxy) is 3. The standard InChI is InChI=1S/C11H15BrO3/c1-8(7-12)15-11-9(13-2)5-4-6-10(11)14-3/h4-6,8H,7H2,1-3H3. The van der Waals surface area contributed by atoms with Crippen LogP contribution in [0.15, 0.2) is 18.2 Å². The van der Waals surface area contributed by atoms with Crippen LogP contribution in [0.1, 0.15) is 6.92 Å². The molecular formula is C11H15BrO3. The van der Waals surface area contributed by atoms with Crippen molar-refractivity contribution in [1.29, 1.82) is 0 Å². The van der Waals surface area contributed by atoms with E-state index in [9.17, 15) is 0 Å². The summed E-state index contributed by atoms with van der Waals surface area (Å²) in [6.45, 7) is 1.97. The average Bonchev–Trinajstić information content (AvgIpc) is 2.29. The van der Waals surface area contributed by atoms with Gasteiger partial charge in [0.1, 0.15) is 6.10 Å². The lowest BCUT2D eigenvalue weighted by Crippen LogP contribution is -2.14. The van der Waals surface area contributed by atoms with E-state index in [1.165, 1.54) is 0 Å². The highest BCUT2D eigenvalue weighted by atomic mass is 79.9. The van der Waals surface area contributed by atoms with Gasteiger partial charge >= 0.3 is 0 Å². The van der Waals surface area contributed by atoms with Gasteiger partial charge < -0.3 is 14.2 Å². The van der Waals surface area contributed by atoms with E-state index < -0.39 is 0 Å². The number of methoxy groups -OCH3 is 2. The first kappa shape index (κ1) is 12.2. The van der Waals surface area contributed by atoms with Crippen molar-refractivity contribution >= 4 is 15.9 Å². The lowest BCUT2D eigenvalue weighted by molar-refractivity contribution is 0.223. The molecule has 0 aliphatic rings. The lowest BCUT2D eigenvalue weighted by Gasteiger charge is -2.17. The van der Waals surface area contributed by atoms with Gasteiger partial charge in [0.15, 0.2) is 11.5 Å². The van der Waals surface area contributed by atoms with Crippen molar-refractivity contribution in [2.45, 2.75) is 13.0 Å². The topological polar surface area (TPSA) is 27.7 Å². The molecule has 0 N–H and O–H groups in total. The smallest absolute Gasteiger partial charge is 0.203 e. The fourth-order valence-corrected chi connectivity index (χ4v) is 1.30. The van der Waals surface area contributed by atoms with E-state index in [2.05, 4.69) is 15.9 Å². The Balaban J connectivity index is 2.99. The van der Waals surface area contributed by atoms with E-state index in [4.69, 9.17) is 14.2 Å². The molecular weight excluding hydrogens is 260 g/mol. The van der Waals surface area contributed by atoms with Gasteiger partial charge in [0.05, 0.1) is 14.2 Å². The van der Waals surface area contributed by atoms with Crippen LogP contribution >= 0.6 is 15.9 Å². The average molecular weight is 275 g/mol. The second-order valence-electron chi connectivity index (χ2n) is 3.07. The Bertz CT molecular complexity index is 292. The molecule has 84 valence electrons. The van der Waals surface area contributed by atoms with Crippen molar-refractivity contribution in [1.82, 2.24) is 0 Å². The maximum atomic E-state index is 5.71. The first-order valence-electron chi connectivity index (χ1n) is 4.66. The van der Waals surface area contributed by atoms with Crippen LogP contribution in [0.25, 0.3) is 0 Å². The van der Waals surface area contributed by atoms with Gasteiger partial charge in [-0.3, -0.25) is 0 Å². The fraction of sp³-hybridized carbons (Fsp3) is 0.455. The third-order valence-electron chi connectivity index (χ3n) is 1.92. The Morgan fingerprint density at radius 1 is 1.20 bits per heavy atom. The fourth-order valence-electron chi connectivity index (χ4n) is 1.17. The van der Waals surface area contributed by atoms with Gasteiger partial charge in [-0.25, -0.2) is 0 Å². The summed E-state index contributed by atoms with van der Waals surface area (Å²) in [6, 6.07) is 5.56. The number of rotatable bonds is 5. The molecule has 3 nitrogen and oxygen atoms in total. The van der Waals surface area contributed by atoms with Crippen LogP contribution in [0, 0.1) is 0 Å². The van der Waals surface area contributed by atoms with Crippen LogP contribution in [-0.2, 0) is 0 Å². The van der Waals surface area contributed by atoms with Crippen molar-refractivity contribution in [3.05, 3.63) is 18.2 Å². The van der Waals surface area contributed by atoms with Crippen molar-refractivity contribution in [2.24, 2.45) is 0 Å². The molecule has 0 fully saturated rings. The minimum atomic E-state index is 0.0650. The Labute approximate surface area is 98.5 Å². The summed E-state index contributed by atoms with van der Waals surface area (Å²) < 4.78 is 16.1. The molecule has 1 atom stereocenters. The number of hydrogen-bond donors (Lipinski definition) is 0. The minimum Gasteiger partial charge on any atom is -0.493 e. The first-order chi connectivity index (χ1) is 7.22. The van der Waals surface area contributed by atoms with Crippen LogP contribution < -0.4 is 14.2 Å². The van der Waals surface area contributed by atoms with Gasteiger partial charge in [-0.05, 0) is 19.1 Å². The highest BCUT2D eigenvalue weighted by Gasteiger charge is 2.13. The van der Waals surface area contributed by atoms with Crippen molar-refractivity contribution in [3.63, 3.8) is 0 Å². The molecule has 0 aromatic heterocycles. The third-order valence-corrected chi connectivity index (χ3v) is 2.83. The molecule has 0 spiro atoms. The van der Waals surface area contributed by atoms with Crippen LogP contribution in [-0.4, -0.2) is 25.7 Å². The van der Waals surface area contributed by atoms with Gasteiger partial charge in [0.25, 0.3) is 0 Å². The Morgan fingerprint density at radius 3 is 2.13 bits per heavy atom. The van der Waals surface area contributed by atoms with Crippen molar-refractivity contribution in [3.8, 4) is 17.2 Å². The van der Waals surface area contributed by atoms with E-state index in [1.54, 1.807) is 14.2 Å². The molecule has 1 unspecified atom stereocenters. The number of alkyl halides is 1. The van der Waals surface area contributed by atoms with Crippen molar-refractivity contribution < 1.29 is 14.2 Å². The maximum absolute atomic E-state index is 5.71. The maximum Gasteiger partial charge on any atom is 0.203 e. The molecule has 0 radical (unpaired) electrons. The Hall–Kier alpha value is -0.900. The van der Waals surface area contributed by atoms with Crippen molar-refractivity contribution in [2.75, 3.05) is 19.5 Å². The summed E-state index contributed by atoms with van der Waals surface area (Å²) in [4.78, 5) is 0. The summed E-state index contributed by atoms with van der Waals surface area (Å²) in [5, 5.41) is 0.758. The van der Waals surface area contributed by atoms with E-state index in [-0.39, 0.29) is 6.10 Å². The van der Waals surface area contributed by atoms with Crippen LogP contribution in [0.4, 0.5) is 0 Å². The second kappa shape index (κ2) is 5.85. The summed E-state index contributed by atoms with van der Waals surface area (Å²) in [5.41, 5.74) is 0. The van der Waals surface area contributed by atoms with E-state index >= 15 is 0 Å². The monoisotopic (exact) mass is 274 g/mol. The quantitative estimate of drug-likeness (QED) is 0.773.